The predicted octanol–water partition coefficient (Wildman–Crippen LogP) is 4.22. The number of Topliss-reactive ketones (excluding diaryl/α,β-unsaturated/α-hetero) is 1. The van der Waals surface area contributed by atoms with Crippen molar-refractivity contribution in [2.24, 2.45) is 0 Å². The fourth-order valence-electron chi connectivity index (χ4n) is 2.59. The Morgan fingerprint density at radius 3 is 2.20 bits per heavy atom. The van der Waals surface area contributed by atoms with Crippen molar-refractivity contribution in [1.29, 1.82) is 0 Å². The Hall–Kier alpha value is -2.82. The van der Waals surface area contributed by atoms with E-state index in [1.807, 2.05) is 43.3 Å². The van der Waals surface area contributed by atoms with Gasteiger partial charge in [0.05, 0.1) is 0 Å². The summed E-state index contributed by atoms with van der Waals surface area (Å²) in [5.74, 6) is 0.975. The van der Waals surface area contributed by atoms with Gasteiger partial charge < -0.3 is 0 Å². The Morgan fingerprint density at radius 1 is 0.960 bits per heavy atom. The summed E-state index contributed by atoms with van der Waals surface area (Å²) in [4.78, 5) is 14.0. The molecule has 2 aromatic carbocycles. The lowest BCUT2D eigenvalue weighted by Gasteiger charge is -2.09. The van der Waals surface area contributed by atoms with Crippen molar-refractivity contribution in [1.82, 2.24) is 20.2 Å². The standard InChI is InChI=1S/C20H22N4O/c1-13(2)16-9-11-18(12-10-16)20-21-23-24(22-20)15(4)19(25)17-7-5-14(3)6-8-17/h5-13,15H,1-4H3/t15-/m0/s1. The number of carbonyl (C=O) groups is 1. The summed E-state index contributed by atoms with van der Waals surface area (Å²) in [5, 5.41) is 12.6. The largest absolute Gasteiger partial charge is 0.292 e. The van der Waals surface area contributed by atoms with Crippen molar-refractivity contribution in [2.45, 2.75) is 39.7 Å². The molecule has 0 spiro atoms. The number of benzene rings is 2. The zero-order chi connectivity index (χ0) is 18.0. The smallest absolute Gasteiger partial charge is 0.204 e. The lowest BCUT2D eigenvalue weighted by atomic mass is 10.0. The highest BCUT2D eigenvalue weighted by atomic mass is 16.1. The third-order valence-corrected chi connectivity index (χ3v) is 4.33. The third-order valence-electron chi connectivity index (χ3n) is 4.33. The van der Waals surface area contributed by atoms with Gasteiger partial charge in [0.1, 0.15) is 6.04 Å². The molecule has 3 aromatic rings. The summed E-state index contributed by atoms with van der Waals surface area (Å²) in [6, 6.07) is 15.1. The van der Waals surface area contributed by atoms with Gasteiger partial charge in [-0.05, 0) is 30.5 Å². The molecule has 5 heteroatoms. The molecule has 0 aliphatic heterocycles. The summed E-state index contributed by atoms with van der Waals surface area (Å²) in [5.41, 5.74) is 3.93. The Labute approximate surface area is 147 Å². The number of carbonyl (C=O) groups excluding carboxylic acids is 1. The highest BCUT2D eigenvalue weighted by molar-refractivity contribution is 5.98. The third kappa shape index (κ3) is 3.65. The first kappa shape index (κ1) is 17.0. The van der Waals surface area contributed by atoms with E-state index in [4.69, 9.17) is 0 Å². The summed E-state index contributed by atoms with van der Waals surface area (Å²) < 4.78 is 0. The molecule has 0 fully saturated rings. The van der Waals surface area contributed by atoms with Gasteiger partial charge in [-0.2, -0.15) is 4.80 Å². The van der Waals surface area contributed by atoms with E-state index in [0.717, 1.165) is 11.1 Å². The zero-order valence-electron chi connectivity index (χ0n) is 15.0. The fourth-order valence-corrected chi connectivity index (χ4v) is 2.59. The first-order chi connectivity index (χ1) is 12.0. The molecule has 128 valence electrons. The van der Waals surface area contributed by atoms with Gasteiger partial charge in [0, 0.05) is 11.1 Å². The molecule has 25 heavy (non-hydrogen) atoms. The number of nitrogens with zero attached hydrogens (tertiary/aromatic N) is 4. The Balaban J connectivity index is 1.80. The number of aromatic nitrogens is 4. The van der Waals surface area contributed by atoms with E-state index in [0.29, 0.717) is 17.3 Å². The van der Waals surface area contributed by atoms with Gasteiger partial charge in [0.2, 0.25) is 5.82 Å². The van der Waals surface area contributed by atoms with E-state index >= 15 is 0 Å². The van der Waals surface area contributed by atoms with E-state index < -0.39 is 6.04 Å². The maximum atomic E-state index is 12.6. The first-order valence-electron chi connectivity index (χ1n) is 8.46. The van der Waals surface area contributed by atoms with Crippen LogP contribution in [0.4, 0.5) is 0 Å². The monoisotopic (exact) mass is 334 g/mol. The minimum atomic E-state index is -0.501. The Morgan fingerprint density at radius 2 is 1.60 bits per heavy atom. The number of ketones is 1. The van der Waals surface area contributed by atoms with Gasteiger partial charge >= 0.3 is 0 Å². The molecule has 0 saturated heterocycles. The number of hydrogen-bond acceptors (Lipinski definition) is 4. The van der Waals surface area contributed by atoms with E-state index in [9.17, 15) is 4.79 Å². The van der Waals surface area contributed by atoms with Crippen molar-refractivity contribution in [3.63, 3.8) is 0 Å². The molecular weight excluding hydrogens is 312 g/mol. The Kier molecular flexibility index (Phi) is 4.74. The lowest BCUT2D eigenvalue weighted by molar-refractivity contribution is 0.0918. The van der Waals surface area contributed by atoms with E-state index in [1.54, 1.807) is 6.92 Å². The second-order valence-electron chi connectivity index (χ2n) is 6.62. The molecule has 0 amide bonds. The van der Waals surface area contributed by atoms with Gasteiger partial charge in [-0.1, -0.05) is 67.9 Å². The molecule has 1 atom stereocenters. The maximum Gasteiger partial charge on any atom is 0.204 e. The van der Waals surface area contributed by atoms with Crippen molar-refractivity contribution in [2.75, 3.05) is 0 Å². The SMILES string of the molecule is Cc1ccc(C(=O)[C@H](C)n2nnc(-c3ccc(C(C)C)cc3)n2)cc1. The highest BCUT2D eigenvalue weighted by Gasteiger charge is 2.20. The van der Waals surface area contributed by atoms with Gasteiger partial charge in [-0.25, -0.2) is 0 Å². The summed E-state index contributed by atoms with van der Waals surface area (Å²) >= 11 is 0. The number of tetrazole rings is 1. The van der Waals surface area contributed by atoms with E-state index in [1.165, 1.54) is 10.4 Å². The van der Waals surface area contributed by atoms with Crippen LogP contribution in [-0.2, 0) is 0 Å². The molecule has 0 unspecified atom stereocenters. The predicted molar refractivity (Wildman–Crippen MR) is 97.6 cm³/mol. The van der Waals surface area contributed by atoms with E-state index in [-0.39, 0.29) is 5.78 Å². The van der Waals surface area contributed by atoms with Crippen LogP contribution in [0.25, 0.3) is 11.4 Å². The van der Waals surface area contributed by atoms with Crippen LogP contribution in [0.3, 0.4) is 0 Å². The van der Waals surface area contributed by atoms with Crippen LogP contribution < -0.4 is 0 Å². The summed E-state index contributed by atoms with van der Waals surface area (Å²) in [7, 11) is 0. The van der Waals surface area contributed by atoms with E-state index in [2.05, 4.69) is 41.4 Å². The van der Waals surface area contributed by atoms with Crippen LogP contribution in [0.2, 0.25) is 0 Å². The molecule has 0 radical (unpaired) electrons. The normalized spacial score (nSPS) is 12.4. The van der Waals surface area contributed by atoms with Crippen LogP contribution in [0.1, 0.15) is 54.2 Å². The summed E-state index contributed by atoms with van der Waals surface area (Å²) in [6.07, 6.45) is 0. The van der Waals surface area contributed by atoms with Crippen LogP contribution >= 0.6 is 0 Å². The lowest BCUT2D eigenvalue weighted by Crippen LogP contribution is -2.19. The average molecular weight is 334 g/mol. The molecule has 0 saturated carbocycles. The van der Waals surface area contributed by atoms with Gasteiger partial charge in [0.15, 0.2) is 5.78 Å². The minimum absolute atomic E-state index is 0.0286. The van der Waals surface area contributed by atoms with Crippen molar-refractivity contribution in [3.8, 4) is 11.4 Å². The van der Waals surface area contributed by atoms with Gasteiger partial charge in [0.25, 0.3) is 0 Å². The summed E-state index contributed by atoms with van der Waals surface area (Å²) in [6.45, 7) is 8.09. The minimum Gasteiger partial charge on any atom is -0.292 e. The van der Waals surface area contributed by atoms with Gasteiger partial charge in [-0.15, -0.1) is 10.2 Å². The number of aryl methyl sites for hydroxylation is 1. The van der Waals surface area contributed by atoms with Crippen LogP contribution in [-0.4, -0.2) is 26.0 Å². The maximum absolute atomic E-state index is 12.6. The first-order valence-corrected chi connectivity index (χ1v) is 8.46. The molecular formula is C20H22N4O. The van der Waals surface area contributed by atoms with Crippen LogP contribution in [0.15, 0.2) is 48.5 Å². The topological polar surface area (TPSA) is 60.7 Å². The molecule has 1 heterocycles. The van der Waals surface area contributed by atoms with Crippen molar-refractivity contribution in [3.05, 3.63) is 65.2 Å². The highest BCUT2D eigenvalue weighted by Crippen LogP contribution is 2.20. The fraction of sp³-hybridized carbons (Fsp3) is 0.300. The molecule has 3 rings (SSSR count). The molecule has 0 N–H and O–H groups in total. The molecule has 5 nitrogen and oxygen atoms in total. The molecule has 0 bridgehead atoms. The quantitative estimate of drug-likeness (QED) is 0.656. The number of hydrogen-bond donors (Lipinski definition) is 0. The van der Waals surface area contributed by atoms with Crippen LogP contribution in [0.5, 0.6) is 0 Å². The average Bonchev–Trinajstić information content (AvgIpc) is 3.11. The second-order valence-corrected chi connectivity index (χ2v) is 6.62. The van der Waals surface area contributed by atoms with Crippen LogP contribution in [0, 0.1) is 6.92 Å². The molecule has 0 aliphatic rings. The van der Waals surface area contributed by atoms with Crippen molar-refractivity contribution < 1.29 is 4.79 Å². The molecule has 0 aliphatic carbocycles. The Bertz CT molecular complexity index is 863. The zero-order valence-corrected chi connectivity index (χ0v) is 15.0. The second kappa shape index (κ2) is 6.97. The molecule has 1 aromatic heterocycles. The van der Waals surface area contributed by atoms with Gasteiger partial charge in [-0.3, -0.25) is 4.79 Å². The number of rotatable bonds is 5. The van der Waals surface area contributed by atoms with Crippen molar-refractivity contribution >= 4 is 5.78 Å².